The fourth-order valence-electron chi connectivity index (χ4n) is 1.98. The van der Waals surface area contributed by atoms with Crippen LogP contribution in [0.4, 0.5) is 0 Å². The number of aliphatic hydroxyl groups excluding tert-OH is 1. The molecule has 0 amide bonds. The van der Waals surface area contributed by atoms with Gasteiger partial charge in [-0.1, -0.05) is 12.1 Å². The van der Waals surface area contributed by atoms with Gasteiger partial charge in [-0.05, 0) is 38.1 Å². The van der Waals surface area contributed by atoms with Crippen molar-refractivity contribution in [1.82, 2.24) is 4.90 Å². The second-order valence-corrected chi connectivity index (χ2v) is 4.78. The van der Waals surface area contributed by atoms with Gasteiger partial charge in [0.05, 0.1) is 24.8 Å². The normalized spacial score (nSPS) is 13.6. The summed E-state index contributed by atoms with van der Waals surface area (Å²) in [4.78, 5) is 13.8. The zero-order valence-electron chi connectivity index (χ0n) is 12.0. The molecule has 0 aliphatic rings. The van der Waals surface area contributed by atoms with E-state index in [-0.39, 0.29) is 5.97 Å². The molecule has 1 rings (SSSR count). The van der Waals surface area contributed by atoms with Gasteiger partial charge >= 0.3 is 5.97 Å². The van der Waals surface area contributed by atoms with Crippen molar-refractivity contribution >= 4 is 5.97 Å². The summed E-state index contributed by atoms with van der Waals surface area (Å²) in [5, 5.41) is 18.3. The molecule has 0 fully saturated rings. The molecule has 1 aromatic carbocycles. The molecule has 5 heteroatoms. The maximum atomic E-state index is 12.0. The Morgan fingerprint density at radius 2 is 2.25 bits per heavy atom. The first-order chi connectivity index (χ1) is 9.49. The smallest absolute Gasteiger partial charge is 0.327 e. The Labute approximate surface area is 119 Å². The van der Waals surface area contributed by atoms with E-state index in [1.807, 2.05) is 4.90 Å². The molecule has 0 aliphatic carbocycles. The number of ether oxygens (including phenoxy) is 1. The number of hydrogen-bond donors (Lipinski definition) is 1. The Bertz CT molecular complexity index is 494. The Morgan fingerprint density at radius 1 is 1.55 bits per heavy atom. The third-order valence-corrected chi connectivity index (χ3v) is 3.10. The molecule has 0 spiro atoms. The van der Waals surface area contributed by atoms with Crippen molar-refractivity contribution in [2.75, 3.05) is 20.7 Å². The van der Waals surface area contributed by atoms with Gasteiger partial charge in [0, 0.05) is 6.54 Å². The number of carbonyl (C=O) groups is 1. The third kappa shape index (κ3) is 4.34. The monoisotopic (exact) mass is 276 g/mol. The highest BCUT2D eigenvalue weighted by Crippen LogP contribution is 2.22. The number of carbonyl (C=O) groups excluding carboxylic acids is 1. The second kappa shape index (κ2) is 7.63. The van der Waals surface area contributed by atoms with Crippen LogP contribution in [0.5, 0.6) is 0 Å². The van der Waals surface area contributed by atoms with Gasteiger partial charge in [-0.25, -0.2) is 4.79 Å². The van der Waals surface area contributed by atoms with Gasteiger partial charge in [0.2, 0.25) is 0 Å². The van der Waals surface area contributed by atoms with Crippen molar-refractivity contribution in [2.45, 2.75) is 25.5 Å². The van der Waals surface area contributed by atoms with Crippen molar-refractivity contribution in [2.24, 2.45) is 0 Å². The molecule has 1 aromatic rings. The lowest BCUT2D eigenvalue weighted by Gasteiger charge is -2.26. The quantitative estimate of drug-likeness (QED) is 0.797. The lowest BCUT2D eigenvalue weighted by atomic mass is 10.0. The molecular formula is C15H20N2O3. The SMILES string of the molecule is COC(=O)C(c1cccc(C#N)c1)N(C)CCC(C)O. The minimum absolute atomic E-state index is 0.381. The van der Waals surface area contributed by atoms with Crippen LogP contribution in [-0.2, 0) is 9.53 Å². The Kier molecular flexibility index (Phi) is 6.16. The van der Waals surface area contributed by atoms with E-state index in [0.717, 1.165) is 0 Å². The van der Waals surface area contributed by atoms with Crippen LogP contribution in [-0.4, -0.2) is 42.8 Å². The predicted octanol–water partition coefficient (Wildman–Crippen LogP) is 1.48. The molecule has 5 nitrogen and oxygen atoms in total. The molecule has 0 bridgehead atoms. The van der Waals surface area contributed by atoms with E-state index in [0.29, 0.717) is 24.1 Å². The molecule has 1 N–H and O–H groups in total. The van der Waals surface area contributed by atoms with E-state index in [9.17, 15) is 9.90 Å². The van der Waals surface area contributed by atoms with Crippen molar-refractivity contribution in [3.63, 3.8) is 0 Å². The summed E-state index contributed by atoms with van der Waals surface area (Å²) in [6.45, 7) is 2.26. The standard InChI is InChI=1S/C15H20N2O3/c1-11(18)7-8-17(2)14(15(19)20-3)13-6-4-5-12(9-13)10-16/h4-6,9,11,14,18H,7-8H2,1-3H3. The van der Waals surface area contributed by atoms with Gasteiger partial charge in [0.15, 0.2) is 0 Å². The first-order valence-corrected chi connectivity index (χ1v) is 6.45. The highest BCUT2D eigenvalue weighted by molar-refractivity contribution is 5.77. The number of nitriles is 1. The average molecular weight is 276 g/mol. The van der Waals surface area contributed by atoms with Crippen LogP contribution >= 0.6 is 0 Å². The number of esters is 1. The molecule has 108 valence electrons. The molecule has 20 heavy (non-hydrogen) atoms. The summed E-state index contributed by atoms with van der Waals surface area (Å²) in [6, 6.07) is 8.39. The zero-order valence-corrected chi connectivity index (χ0v) is 12.0. The number of likely N-dealkylation sites (N-methyl/N-ethyl adjacent to an activating group) is 1. The van der Waals surface area contributed by atoms with Crippen LogP contribution in [0.1, 0.15) is 30.5 Å². The van der Waals surface area contributed by atoms with E-state index >= 15 is 0 Å². The van der Waals surface area contributed by atoms with E-state index in [1.54, 1.807) is 38.2 Å². The fraction of sp³-hybridized carbons (Fsp3) is 0.467. The van der Waals surface area contributed by atoms with Crippen molar-refractivity contribution < 1.29 is 14.6 Å². The molecule has 0 aliphatic heterocycles. The molecule has 2 atom stereocenters. The highest BCUT2D eigenvalue weighted by Gasteiger charge is 2.26. The molecule has 0 aromatic heterocycles. The van der Waals surface area contributed by atoms with Gasteiger partial charge in [-0.3, -0.25) is 4.90 Å². The number of benzene rings is 1. The van der Waals surface area contributed by atoms with Crippen molar-refractivity contribution in [3.05, 3.63) is 35.4 Å². The van der Waals surface area contributed by atoms with Gasteiger partial charge < -0.3 is 9.84 Å². The Balaban J connectivity index is 2.99. The fourth-order valence-corrected chi connectivity index (χ4v) is 1.98. The number of nitrogens with zero attached hydrogens (tertiary/aromatic N) is 2. The largest absolute Gasteiger partial charge is 0.468 e. The van der Waals surface area contributed by atoms with Crippen LogP contribution in [0.3, 0.4) is 0 Å². The van der Waals surface area contributed by atoms with Gasteiger partial charge in [-0.2, -0.15) is 5.26 Å². The van der Waals surface area contributed by atoms with Crippen LogP contribution in [0.2, 0.25) is 0 Å². The highest BCUT2D eigenvalue weighted by atomic mass is 16.5. The van der Waals surface area contributed by atoms with Gasteiger partial charge in [0.25, 0.3) is 0 Å². The molecule has 0 radical (unpaired) electrons. The number of aliphatic hydroxyl groups is 1. The van der Waals surface area contributed by atoms with Crippen LogP contribution in [0.25, 0.3) is 0 Å². The van der Waals surface area contributed by atoms with Crippen LogP contribution in [0.15, 0.2) is 24.3 Å². The topological polar surface area (TPSA) is 73.6 Å². The molecule has 2 unspecified atom stereocenters. The summed E-state index contributed by atoms with van der Waals surface area (Å²) in [7, 11) is 3.13. The third-order valence-electron chi connectivity index (χ3n) is 3.10. The van der Waals surface area contributed by atoms with Crippen molar-refractivity contribution in [1.29, 1.82) is 5.26 Å². The predicted molar refractivity (Wildman–Crippen MR) is 74.8 cm³/mol. The molecular weight excluding hydrogens is 256 g/mol. The zero-order chi connectivity index (χ0) is 15.1. The summed E-state index contributed by atoms with van der Waals surface area (Å²) in [5.74, 6) is -0.381. The Morgan fingerprint density at radius 3 is 2.80 bits per heavy atom. The molecule has 0 saturated heterocycles. The first kappa shape index (κ1) is 16.2. The summed E-state index contributed by atoms with van der Waals surface area (Å²) in [5.41, 5.74) is 1.21. The Hall–Kier alpha value is -1.90. The lowest BCUT2D eigenvalue weighted by molar-refractivity contribution is -0.146. The van der Waals surface area contributed by atoms with Gasteiger partial charge in [0.1, 0.15) is 6.04 Å². The number of rotatable bonds is 6. The molecule has 0 heterocycles. The summed E-state index contributed by atoms with van der Waals surface area (Å²) >= 11 is 0. The maximum Gasteiger partial charge on any atom is 0.327 e. The van der Waals surface area contributed by atoms with Crippen molar-refractivity contribution in [3.8, 4) is 6.07 Å². The first-order valence-electron chi connectivity index (χ1n) is 6.45. The molecule has 0 saturated carbocycles. The van der Waals surface area contributed by atoms with Crippen LogP contribution in [0, 0.1) is 11.3 Å². The maximum absolute atomic E-state index is 12.0. The van der Waals surface area contributed by atoms with E-state index in [4.69, 9.17) is 10.00 Å². The van der Waals surface area contributed by atoms with E-state index < -0.39 is 12.1 Å². The number of hydrogen-bond acceptors (Lipinski definition) is 5. The minimum Gasteiger partial charge on any atom is -0.468 e. The van der Waals surface area contributed by atoms with Gasteiger partial charge in [-0.15, -0.1) is 0 Å². The van der Waals surface area contributed by atoms with E-state index in [1.165, 1.54) is 7.11 Å². The lowest BCUT2D eigenvalue weighted by Crippen LogP contribution is -2.33. The van der Waals surface area contributed by atoms with E-state index in [2.05, 4.69) is 6.07 Å². The summed E-state index contributed by atoms with van der Waals surface area (Å²) in [6.07, 6.45) is 0.128. The second-order valence-electron chi connectivity index (χ2n) is 4.78. The minimum atomic E-state index is -0.577. The summed E-state index contributed by atoms with van der Waals surface area (Å²) < 4.78 is 4.84. The average Bonchev–Trinajstić information content (AvgIpc) is 2.45. The van der Waals surface area contributed by atoms with Crippen LogP contribution < -0.4 is 0 Å². The number of methoxy groups -OCH3 is 1.